The Morgan fingerprint density at radius 1 is 1.38 bits per heavy atom. The van der Waals surface area contributed by atoms with E-state index in [1.807, 2.05) is 13.8 Å². The lowest BCUT2D eigenvalue weighted by atomic mass is 10.0. The van der Waals surface area contributed by atoms with Crippen LogP contribution in [0.2, 0.25) is 0 Å². The van der Waals surface area contributed by atoms with Crippen LogP contribution in [0.1, 0.15) is 20.8 Å². The number of hydrogen-bond donors (Lipinski definition) is 3. The van der Waals surface area contributed by atoms with E-state index < -0.39 is 29.3 Å². The number of aliphatic imine (C=N–C) groups is 1. The normalized spacial score (nSPS) is 21.3. The van der Waals surface area contributed by atoms with E-state index in [0.29, 0.717) is 23.8 Å². The van der Waals surface area contributed by atoms with Gasteiger partial charge in [0.15, 0.2) is 5.17 Å². The second kappa shape index (κ2) is 10.5. The van der Waals surface area contributed by atoms with Crippen molar-refractivity contribution in [2.45, 2.75) is 32.2 Å². The zero-order chi connectivity index (χ0) is 21.6. The average Bonchev–Trinajstić information content (AvgIpc) is 2.67. The number of rotatable bonds is 8. The Hall–Kier alpha value is -2.21. The molecule has 2 aliphatic rings. The van der Waals surface area contributed by atoms with Gasteiger partial charge in [-0.15, -0.1) is 11.8 Å². The van der Waals surface area contributed by atoms with Gasteiger partial charge in [-0.05, 0) is 13.8 Å². The summed E-state index contributed by atoms with van der Waals surface area (Å²) in [6, 6.07) is -0.788. The van der Waals surface area contributed by atoms with Crippen LogP contribution in [0, 0.1) is 0 Å². The van der Waals surface area contributed by atoms with Gasteiger partial charge in [-0.25, -0.2) is 4.79 Å². The highest BCUT2D eigenvalue weighted by molar-refractivity contribution is 8.14. The van der Waals surface area contributed by atoms with Crippen molar-refractivity contribution in [3.8, 4) is 0 Å². The molecule has 0 bridgehead atoms. The van der Waals surface area contributed by atoms with Gasteiger partial charge in [0.25, 0.3) is 5.91 Å². The van der Waals surface area contributed by atoms with Gasteiger partial charge in [-0.2, -0.15) is 0 Å². The van der Waals surface area contributed by atoms with Crippen LogP contribution in [0.4, 0.5) is 0 Å². The third kappa shape index (κ3) is 5.66. The summed E-state index contributed by atoms with van der Waals surface area (Å²) in [6.45, 7) is 6.14. The summed E-state index contributed by atoms with van der Waals surface area (Å²) in [5, 5.41) is 15.4. The molecular weight excluding hydrogens is 420 g/mol. The quantitative estimate of drug-likeness (QED) is 0.204. The number of thioether (sulfide) groups is 2. The number of nitrogens with zero attached hydrogens (tertiary/aromatic N) is 2. The molecule has 2 rings (SSSR count). The SMILES string of the molecule is CCN=C(NCC)SCC(=O)N[C@@H]1C(=O)N2C(C(=O)O)=C(COC(C)=O)CS[C@H]12. The van der Waals surface area contributed by atoms with Crippen molar-refractivity contribution < 1.29 is 29.0 Å². The highest BCUT2D eigenvalue weighted by atomic mass is 32.2. The van der Waals surface area contributed by atoms with Crippen molar-refractivity contribution >= 4 is 52.4 Å². The van der Waals surface area contributed by atoms with Crippen LogP contribution >= 0.6 is 23.5 Å². The third-order valence-electron chi connectivity index (χ3n) is 3.99. The number of ether oxygens (including phenoxy) is 1. The molecule has 0 spiro atoms. The lowest BCUT2D eigenvalue weighted by molar-refractivity contribution is -0.150. The Labute approximate surface area is 176 Å². The maximum absolute atomic E-state index is 12.5. The van der Waals surface area contributed by atoms with E-state index in [2.05, 4.69) is 15.6 Å². The number of amidine groups is 1. The first-order valence-corrected chi connectivity index (χ1v) is 11.1. The molecule has 10 nitrogen and oxygen atoms in total. The van der Waals surface area contributed by atoms with Gasteiger partial charge in [-0.3, -0.25) is 24.3 Å². The van der Waals surface area contributed by atoms with E-state index in [1.165, 1.54) is 30.4 Å². The first-order chi connectivity index (χ1) is 13.8. The second-order valence-corrected chi connectivity index (χ2v) is 8.16. The first-order valence-electron chi connectivity index (χ1n) is 9.03. The fourth-order valence-electron chi connectivity index (χ4n) is 2.78. The van der Waals surface area contributed by atoms with Gasteiger partial charge in [0.1, 0.15) is 23.7 Å². The van der Waals surface area contributed by atoms with Crippen molar-refractivity contribution in [2.24, 2.45) is 4.99 Å². The maximum Gasteiger partial charge on any atom is 0.352 e. The molecule has 2 atom stereocenters. The predicted octanol–water partition coefficient (Wildman–Crippen LogP) is 0.00670. The number of hydrogen-bond acceptors (Lipinski definition) is 8. The van der Waals surface area contributed by atoms with Crippen molar-refractivity contribution in [1.82, 2.24) is 15.5 Å². The Morgan fingerprint density at radius 3 is 2.69 bits per heavy atom. The number of fused-ring (bicyclic) bond motifs is 1. The summed E-state index contributed by atoms with van der Waals surface area (Å²) in [6.07, 6.45) is 0. The third-order valence-corrected chi connectivity index (χ3v) is 6.28. The Morgan fingerprint density at radius 2 is 2.10 bits per heavy atom. The molecule has 0 unspecified atom stereocenters. The standard InChI is InChI=1S/C17H24N4O6S2/c1-4-18-17(19-5-2)29-8-11(23)20-12-14(24)21-13(16(25)26)10(6-27-9(3)22)7-28-15(12)21/h12,15H,4-8H2,1-3H3,(H,18,19)(H,20,23)(H,25,26)/t12-,15-/m1/s1. The van der Waals surface area contributed by atoms with Crippen LogP contribution in [0.25, 0.3) is 0 Å². The van der Waals surface area contributed by atoms with Gasteiger partial charge in [0.05, 0.1) is 5.75 Å². The minimum absolute atomic E-state index is 0.0896. The van der Waals surface area contributed by atoms with Crippen LogP contribution in [0.15, 0.2) is 16.3 Å². The lowest BCUT2D eigenvalue weighted by Crippen LogP contribution is -2.70. The summed E-state index contributed by atoms with van der Waals surface area (Å²) >= 11 is 2.57. The van der Waals surface area contributed by atoms with Gasteiger partial charge in [-0.1, -0.05) is 11.8 Å². The van der Waals surface area contributed by atoms with Gasteiger partial charge < -0.3 is 20.5 Å². The summed E-state index contributed by atoms with van der Waals surface area (Å²) in [5.74, 6) is -2.24. The molecular formula is C17H24N4O6S2. The number of aliphatic carboxylic acids is 1. The fourth-order valence-corrected chi connectivity index (χ4v) is 4.92. The number of carbonyl (C=O) groups is 4. The molecule has 0 aliphatic carbocycles. The van der Waals surface area contributed by atoms with Crippen LogP contribution in [0.3, 0.4) is 0 Å². The van der Waals surface area contributed by atoms with E-state index >= 15 is 0 Å². The lowest BCUT2D eigenvalue weighted by Gasteiger charge is -2.49. The van der Waals surface area contributed by atoms with Crippen molar-refractivity contribution in [3.63, 3.8) is 0 Å². The number of esters is 1. The van der Waals surface area contributed by atoms with Crippen LogP contribution in [-0.2, 0) is 23.9 Å². The smallest absolute Gasteiger partial charge is 0.352 e. The average molecular weight is 445 g/mol. The molecule has 3 N–H and O–H groups in total. The monoisotopic (exact) mass is 444 g/mol. The van der Waals surface area contributed by atoms with Crippen LogP contribution in [0.5, 0.6) is 0 Å². The van der Waals surface area contributed by atoms with Crippen LogP contribution in [-0.4, -0.2) is 81.5 Å². The van der Waals surface area contributed by atoms with E-state index in [1.54, 1.807) is 0 Å². The molecule has 29 heavy (non-hydrogen) atoms. The van der Waals surface area contributed by atoms with Crippen molar-refractivity contribution in [1.29, 1.82) is 0 Å². The summed E-state index contributed by atoms with van der Waals surface area (Å²) < 4.78 is 4.89. The second-order valence-electron chi connectivity index (χ2n) is 6.09. The molecule has 0 aromatic carbocycles. The van der Waals surface area contributed by atoms with Gasteiger partial charge in [0, 0.05) is 31.3 Å². The molecule has 1 saturated heterocycles. The van der Waals surface area contributed by atoms with E-state index in [0.717, 1.165) is 4.90 Å². The number of carbonyl (C=O) groups excluding carboxylic acids is 3. The zero-order valence-corrected chi connectivity index (χ0v) is 18.0. The molecule has 160 valence electrons. The predicted molar refractivity (Wildman–Crippen MR) is 110 cm³/mol. The van der Waals surface area contributed by atoms with Gasteiger partial charge in [0.2, 0.25) is 5.91 Å². The summed E-state index contributed by atoms with van der Waals surface area (Å²) in [7, 11) is 0. The number of nitrogens with one attached hydrogen (secondary N) is 2. The van der Waals surface area contributed by atoms with E-state index in [-0.39, 0.29) is 29.7 Å². The highest BCUT2D eigenvalue weighted by Crippen LogP contribution is 2.40. The van der Waals surface area contributed by atoms with E-state index in [9.17, 15) is 24.3 Å². The minimum Gasteiger partial charge on any atom is -0.477 e. The minimum atomic E-state index is -1.27. The Kier molecular flexibility index (Phi) is 8.38. The molecule has 2 amide bonds. The molecule has 2 aliphatic heterocycles. The molecule has 0 radical (unpaired) electrons. The van der Waals surface area contributed by atoms with Gasteiger partial charge >= 0.3 is 11.9 Å². The topological polar surface area (TPSA) is 137 Å². The van der Waals surface area contributed by atoms with Crippen molar-refractivity contribution in [2.75, 3.05) is 31.2 Å². The largest absolute Gasteiger partial charge is 0.477 e. The summed E-state index contributed by atoms with van der Waals surface area (Å²) in [4.78, 5) is 52.8. The number of β-lactam (4-membered cyclic amide) rings is 1. The molecule has 0 aromatic rings. The number of carboxylic acids is 1. The Bertz CT molecular complexity index is 754. The van der Waals surface area contributed by atoms with Crippen molar-refractivity contribution in [3.05, 3.63) is 11.3 Å². The highest BCUT2D eigenvalue weighted by Gasteiger charge is 2.54. The Balaban J connectivity index is 1.99. The van der Waals surface area contributed by atoms with Crippen LogP contribution < -0.4 is 10.6 Å². The first kappa shape index (κ1) is 23.1. The molecule has 0 saturated carbocycles. The maximum atomic E-state index is 12.5. The number of carboxylic acid groups (broad SMARTS) is 1. The molecule has 1 fully saturated rings. The molecule has 2 heterocycles. The van der Waals surface area contributed by atoms with E-state index in [4.69, 9.17) is 4.74 Å². The molecule has 0 aromatic heterocycles. The fraction of sp³-hybridized carbons (Fsp3) is 0.588. The summed E-state index contributed by atoms with van der Waals surface area (Å²) in [5.41, 5.74) is 0.179. The number of amides is 2. The molecule has 12 heteroatoms. The zero-order valence-electron chi connectivity index (χ0n) is 16.4.